The lowest BCUT2D eigenvalue weighted by atomic mass is 10.0. The summed E-state index contributed by atoms with van der Waals surface area (Å²) in [6.07, 6.45) is 1.08. The molecule has 0 N–H and O–H groups in total. The summed E-state index contributed by atoms with van der Waals surface area (Å²) >= 11 is 3.52. The van der Waals surface area contributed by atoms with E-state index in [1.165, 1.54) is 32.3 Å². The SMILES string of the molecule is Cc1ccc2c(c1)Cc1cc(Br)ccc1-2. The van der Waals surface area contributed by atoms with E-state index in [4.69, 9.17) is 0 Å². The van der Waals surface area contributed by atoms with Gasteiger partial charge in [0.2, 0.25) is 0 Å². The van der Waals surface area contributed by atoms with Crippen LogP contribution in [0.5, 0.6) is 0 Å². The Labute approximate surface area is 98.1 Å². The Hall–Kier alpha value is -1.08. The highest BCUT2D eigenvalue weighted by atomic mass is 79.9. The molecule has 15 heavy (non-hydrogen) atoms. The summed E-state index contributed by atoms with van der Waals surface area (Å²) < 4.78 is 1.17. The smallest absolute Gasteiger partial charge is 0.0178 e. The first-order chi connectivity index (χ1) is 7.24. The number of rotatable bonds is 0. The molecule has 3 rings (SSSR count). The highest BCUT2D eigenvalue weighted by Crippen LogP contribution is 2.37. The molecule has 0 nitrogen and oxygen atoms in total. The third kappa shape index (κ3) is 1.42. The molecule has 1 aliphatic rings. The van der Waals surface area contributed by atoms with Crippen LogP contribution in [0.2, 0.25) is 0 Å². The number of fused-ring (bicyclic) bond motifs is 3. The molecule has 0 fully saturated rings. The molecule has 0 radical (unpaired) electrons. The maximum atomic E-state index is 3.52. The van der Waals surface area contributed by atoms with Crippen molar-refractivity contribution >= 4 is 15.9 Å². The van der Waals surface area contributed by atoms with Crippen LogP contribution < -0.4 is 0 Å². The molecule has 1 heteroatoms. The molecule has 0 heterocycles. The fraction of sp³-hybridized carbons (Fsp3) is 0.143. The van der Waals surface area contributed by atoms with Crippen molar-refractivity contribution in [1.82, 2.24) is 0 Å². The number of halogens is 1. The van der Waals surface area contributed by atoms with Crippen LogP contribution in [-0.4, -0.2) is 0 Å². The third-order valence-electron chi connectivity index (χ3n) is 3.00. The average Bonchev–Trinajstić information content (AvgIpc) is 2.53. The zero-order valence-corrected chi connectivity index (χ0v) is 10.1. The lowest BCUT2D eigenvalue weighted by molar-refractivity contribution is 1.24. The third-order valence-corrected chi connectivity index (χ3v) is 3.49. The van der Waals surface area contributed by atoms with E-state index in [9.17, 15) is 0 Å². The Morgan fingerprint density at radius 3 is 2.40 bits per heavy atom. The molecular weight excluding hydrogens is 248 g/mol. The van der Waals surface area contributed by atoms with Crippen molar-refractivity contribution in [3.8, 4) is 11.1 Å². The van der Waals surface area contributed by atoms with Crippen molar-refractivity contribution in [3.63, 3.8) is 0 Å². The van der Waals surface area contributed by atoms with Crippen LogP contribution in [-0.2, 0) is 6.42 Å². The van der Waals surface area contributed by atoms with E-state index in [1.807, 2.05) is 0 Å². The van der Waals surface area contributed by atoms with Gasteiger partial charge < -0.3 is 0 Å². The van der Waals surface area contributed by atoms with Crippen molar-refractivity contribution in [1.29, 1.82) is 0 Å². The predicted octanol–water partition coefficient (Wildman–Crippen LogP) is 4.33. The minimum atomic E-state index is 1.08. The summed E-state index contributed by atoms with van der Waals surface area (Å²) in [7, 11) is 0. The van der Waals surface area contributed by atoms with Gasteiger partial charge in [0.25, 0.3) is 0 Å². The Morgan fingerprint density at radius 1 is 0.933 bits per heavy atom. The van der Waals surface area contributed by atoms with E-state index in [-0.39, 0.29) is 0 Å². The van der Waals surface area contributed by atoms with Gasteiger partial charge in [-0.2, -0.15) is 0 Å². The summed E-state index contributed by atoms with van der Waals surface area (Å²) in [5.41, 5.74) is 7.05. The molecule has 0 aromatic heterocycles. The van der Waals surface area contributed by atoms with Gasteiger partial charge in [0.05, 0.1) is 0 Å². The van der Waals surface area contributed by atoms with Gasteiger partial charge in [0, 0.05) is 4.47 Å². The molecule has 0 saturated carbocycles. The Balaban J connectivity index is 2.24. The lowest BCUT2D eigenvalue weighted by Gasteiger charge is -2.01. The molecule has 0 atom stereocenters. The highest BCUT2D eigenvalue weighted by Gasteiger charge is 2.17. The fourth-order valence-corrected chi connectivity index (χ4v) is 2.72. The van der Waals surface area contributed by atoms with Crippen molar-refractivity contribution in [2.75, 3.05) is 0 Å². The normalized spacial score (nSPS) is 12.4. The molecule has 1 aliphatic carbocycles. The number of aryl methyl sites for hydroxylation is 1. The summed E-state index contributed by atoms with van der Waals surface area (Å²) in [5, 5.41) is 0. The van der Waals surface area contributed by atoms with E-state index >= 15 is 0 Å². The quantitative estimate of drug-likeness (QED) is 0.563. The zero-order valence-electron chi connectivity index (χ0n) is 8.55. The second kappa shape index (κ2) is 3.21. The summed E-state index contributed by atoms with van der Waals surface area (Å²) in [6.45, 7) is 2.15. The fourth-order valence-electron chi connectivity index (χ4n) is 2.31. The van der Waals surface area contributed by atoms with Crippen LogP contribution in [0.25, 0.3) is 11.1 Å². The zero-order chi connectivity index (χ0) is 10.4. The average molecular weight is 259 g/mol. The van der Waals surface area contributed by atoms with Gasteiger partial charge in [-0.15, -0.1) is 0 Å². The van der Waals surface area contributed by atoms with Gasteiger partial charge in [0.1, 0.15) is 0 Å². The van der Waals surface area contributed by atoms with Crippen molar-refractivity contribution in [3.05, 3.63) is 57.6 Å². The lowest BCUT2D eigenvalue weighted by Crippen LogP contribution is -1.81. The molecular formula is C14H11Br. The Morgan fingerprint density at radius 2 is 1.60 bits per heavy atom. The maximum absolute atomic E-state index is 3.52. The van der Waals surface area contributed by atoms with E-state index in [0.29, 0.717) is 0 Å². The summed E-state index contributed by atoms with van der Waals surface area (Å²) in [5.74, 6) is 0. The first kappa shape index (κ1) is 9.17. The van der Waals surface area contributed by atoms with Crippen LogP contribution in [0.3, 0.4) is 0 Å². The molecule has 2 aromatic carbocycles. The van der Waals surface area contributed by atoms with Crippen molar-refractivity contribution in [2.24, 2.45) is 0 Å². The van der Waals surface area contributed by atoms with Gasteiger partial charge in [0.15, 0.2) is 0 Å². The van der Waals surface area contributed by atoms with Crippen LogP contribution in [0.1, 0.15) is 16.7 Å². The largest absolute Gasteiger partial charge is 0.0587 e. The van der Waals surface area contributed by atoms with E-state index in [2.05, 4.69) is 59.3 Å². The summed E-state index contributed by atoms with van der Waals surface area (Å²) in [4.78, 5) is 0. The standard InChI is InChI=1S/C14H11Br/c1-9-2-4-13-10(6-9)7-11-8-12(15)3-5-14(11)13/h2-6,8H,7H2,1H3. The number of benzene rings is 2. The van der Waals surface area contributed by atoms with E-state index in [0.717, 1.165) is 6.42 Å². The molecule has 0 bridgehead atoms. The summed E-state index contributed by atoms with van der Waals surface area (Å²) in [6, 6.07) is 13.3. The molecule has 0 spiro atoms. The monoisotopic (exact) mass is 258 g/mol. The minimum absolute atomic E-state index is 1.08. The molecule has 0 saturated heterocycles. The molecule has 2 aromatic rings. The molecule has 0 amide bonds. The minimum Gasteiger partial charge on any atom is -0.0587 e. The Kier molecular flexibility index (Phi) is 1.96. The number of hydrogen-bond acceptors (Lipinski definition) is 0. The van der Waals surface area contributed by atoms with Crippen molar-refractivity contribution in [2.45, 2.75) is 13.3 Å². The van der Waals surface area contributed by atoms with Gasteiger partial charge in [-0.3, -0.25) is 0 Å². The maximum Gasteiger partial charge on any atom is 0.0178 e. The predicted molar refractivity (Wildman–Crippen MR) is 67.1 cm³/mol. The molecule has 0 unspecified atom stereocenters. The van der Waals surface area contributed by atoms with Crippen LogP contribution in [0.15, 0.2) is 40.9 Å². The molecule has 0 aliphatic heterocycles. The highest BCUT2D eigenvalue weighted by molar-refractivity contribution is 9.10. The van der Waals surface area contributed by atoms with Gasteiger partial charge in [-0.05, 0) is 47.7 Å². The van der Waals surface area contributed by atoms with Crippen LogP contribution >= 0.6 is 15.9 Å². The first-order valence-electron chi connectivity index (χ1n) is 5.12. The van der Waals surface area contributed by atoms with Crippen LogP contribution in [0.4, 0.5) is 0 Å². The van der Waals surface area contributed by atoms with E-state index in [1.54, 1.807) is 0 Å². The van der Waals surface area contributed by atoms with Gasteiger partial charge in [-0.25, -0.2) is 0 Å². The number of hydrogen-bond donors (Lipinski definition) is 0. The topological polar surface area (TPSA) is 0 Å². The van der Waals surface area contributed by atoms with Gasteiger partial charge >= 0.3 is 0 Å². The van der Waals surface area contributed by atoms with Gasteiger partial charge in [-0.1, -0.05) is 45.8 Å². The van der Waals surface area contributed by atoms with E-state index < -0.39 is 0 Å². The van der Waals surface area contributed by atoms with Crippen LogP contribution in [0, 0.1) is 6.92 Å². The Bertz CT molecular complexity index is 492. The van der Waals surface area contributed by atoms with Crippen molar-refractivity contribution < 1.29 is 0 Å². The second-order valence-electron chi connectivity index (χ2n) is 4.14. The second-order valence-corrected chi connectivity index (χ2v) is 5.05. The molecule has 74 valence electrons. The first-order valence-corrected chi connectivity index (χ1v) is 5.92.